The van der Waals surface area contributed by atoms with Crippen LogP contribution in [0.15, 0.2) is 48.5 Å². The van der Waals surface area contributed by atoms with Gasteiger partial charge in [-0.3, -0.25) is 9.69 Å². The van der Waals surface area contributed by atoms with E-state index >= 15 is 0 Å². The molecular formula is C23H29N3O. The zero-order valence-corrected chi connectivity index (χ0v) is 16.2. The maximum Gasteiger partial charge on any atom is 0.254 e. The van der Waals surface area contributed by atoms with Crippen molar-refractivity contribution in [3.8, 4) is 0 Å². The summed E-state index contributed by atoms with van der Waals surface area (Å²) in [6.07, 6.45) is 2.03. The van der Waals surface area contributed by atoms with Crippen LogP contribution in [-0.2, 0) is 6.42 Å². The number of hydrogen-bond donors (Lipinski definition) is 1. The van der Waals surface area contributed by atoms with Gasteiger partial charge in [0.15, 0.2) is 0 Å². The van der Waals surface area contributed by atoms with Crippen LogP contribution in [0, 0.1) is 6.92 Å². The minimum Gasteiger partial charge on any atom is -0.336 e. The number of benzene rings is 2. The Hall–Kier alpha value is -2.17. The number of nitrogens with zero attached hydrogens (tertiary/aromatic N) is 2. The Kier molecular flexibility index (Phi) is 5.55. The van der Waals surface area contributed by atoms with Gasteiger partial charge in [-0.2, -0.15) is 0 Å². The van der Waals surface area contributed by atoms with Gasteiger partial charge in [-0.15, -0.1) is 0 Å². The van der Waals surface area contributed by atoms with Crippen molar-refractivity contribution in [1.29, 1.82) is 0 Å². The number of aryl methyl sites for hydroxylation is 1. The van der Waals surface area contributed by atoms with Crippen LogP contribution in [-0.4, -0.2) is 61.0 Å². The Morgan fingerprint density at radius 1 is 1.04 bits per heavy atom. The standard InChI is InChI=1S/C23H29N3O/c1-18-6-8-19(9-7-18)16-20-4-2-3-5-22(20)23(27)26-14-12-25(13-15-26)21-10-11-24-17-21/h2-9,21,24H,10-17H2,1H3/t21-/m0/s1. The first-order valence-electron chi connectivity index (χ1n) is 10.1. The van der Waals surface area contributed by atoms with Gasteiger partial charge in [-0.1, -0.05) is 48.0 Å². The zero-order chi connectivity index (χ0) is 18.6. The molecule has 1 atom stereocenters. The van der Waals surface area contributed by atoms with Crippen LogP contribution in [0.5, 0.6) is 0 Å². The number of rotatable bonds is 4. The van der Waals surface area contributed by atoms with E-state index < -0.39 is 0 Å². The van der Waals surface area contributed by atoms with Crippen molar-refractivity contribution in [1.82, 2.24) is 15.1 Å². The lowest BCUT2D eigenvalue weighted by atomic mass is 9.98. The summed E-state index contributed by atoms with van der Waals surface area (Å²) in [5.41, 5.74) is 4.49. The van der Waals surface area contributed by atoms with Gasteiger partial charge in [0, 0.05) is 44.3 Å². The van der Waals surface area contributed by atoms with E-state index in [0.717, 1.165) is 56.8 Å². The van der Waals surface area contributed by atoms with E-state index in [1.54, 1.807) is 0 Å². The van der Waals surface area contributed by atoms with E-state index in [9.17, 15) is 4.79 Å². The Morgan fingerprint density at radius 3 is 2.48 bits per heavy atom. The number of carbonyl (C=O) groups is 1. The highest BCUT2D eigenvalue weighted by atomic mass is 16.2. The lowest BCUT2D eigenvalue weighted by Crippen LogP contribution is -2.52. The van der Waals surface area contributed by atoms with Crippen molar-refractivity contribution < 1.29 is 4.79 Å². The van der Waals surface area contributed by atoms with Gasteiger partial charge in [-0.05, 0) is 43.5 Å². The minimum absolute atomic E-state index is 0.182. The molecular weight excluding hydrogens is 334 g/mol. The maximum absolute atomic E-state index is 13.2. The quantitative estimate of drug-likeness (QED) is 0.907. The number of hydrogen-bond acceptors (Lipinski definition) is 3. The fourth-order valence-electron chi connectivity index (χ4n) is 4.22. The molecule has 0 radical (unpaired) electrons. The molecule has 0 aromatic heterocycles. The zero-order valence-electron chi connectivity index (χ0n) is 16.2. The Bertz CT molecular complexity index is 772. The minimum atomic E-state index is 0.182. The van der Waals surface area contributed by atoms with Gasteiger partial charge in [0.1, 0.15) is 0 Å². The number of amides is 1. The first-order valence-corrected chi connectivity index (χ1v) is 10.1. The monoisotopic (exact) mass is 363 g/mol. The van der Waals surface area contributed by atoms with Gasteiger partial charge in [0.2, 0.25) is 0 Å². The second-order valence-corrected chi connectivity index (χ2v) is 7.79. The van der Waals surface area contributed by atoms with Crippen LogP contribution < -0.4 is 5.32 Å². The average Bonchev–Trinajstić information content (AvgIpc) is 3.25. The van der Waals surface area contributed by atoms with Crippen LogP contribution in [0.4, 0.5) is 0 Å². The summed E-state index contributed by atoms with van der Waals surface area (Å²) in [6.45, 7) is 7.94. The molecule has 27 heavy (non-hydrogen) atoms. The summed E-state index contributed by atoms with van der Waals surface area (Å²) in [4.78, 5) is 17.8. The van der Waals surface area contributed by atoms with E-state index in [1.165, 1.54) is 17.5 Å². The molecule has 2 aliphatic heterocycles. The molecule has 2 fully saturated rings. The third kappa shape index (κ3) is 4.23. The number of carbonyl (C=O) groups excluding carboxylic acids is 1. The van der Waals surface area contributed by atoms with Crippen molar-refractivity contribution in [3.63, 3.8) is 0 Å². The van der Waals surface area contributed by atoms with Crippen LogP contribution in [0.3, 0.4) is 0 Å². The highest BCUT2D eigenvalue weighted by molar-refractivity contribution is 5.95. The summed E-state index contributed by atoms with van der Waals surface area (Å²) in [5.74, 6) is 0.182. The van der Waals surface area contributed by atoms with Gasteiger partial charge in [-0.25, -0.2) is 0 Å². The first kappa shape index (κ1) is 18.2. The predicted molar refractivity (Wildman–Crippen MR) is 109 cm³/mol. The molecule has 0 unspecified atom stereocenters. The SMILES string of the molecule is Cc1ccc(Cc2ccccc2C(=O)N2CCN([C@H]3CCNC3)CC2)cc1. The topological polar surface area (TPSA) is 35.6 Å². The largest absolute Gasteiger partial charge is 0.336 e. The third-order valence-electron chi connectivity index (χ3n) is 5.92. The van der Waals surface area contributed by atoms with Crippen LogP contribution >= 0.6 is 0 Å². The van der Waals surface area contributed by atoms with Gasteiger partial charge in [0.05, 0.1) is 0 Å². The van der Waals surface area contributed by atoms with E-state index in [-0.39, 0.29) is 5.91 Å². The molecule has 2 saturated heterocycles. The van der Waals surface area contributed by atoms with E-state index in [1.807, 2.05) is 23.1 Å². The Morgan fingerprint density at radius 2 is 1.78 bits per heavy atom. The molecule has 1 N–H and O–H groups in total. The smallest absolute Gasteiger partial charge is 0.254 e. The van der Waals surface area contributed by atoms with Crippen molar-refractivity contribution in [3.05, 3.63) is 70.8 Å². The summed E-state index contributed by atoms with van der Waals surface area (Å²) in [7, 11) is 0. The van der Waals surface area contributed by atoms with E-state index in [2.05, 4.69) is 47.5 Å². The van der Waals surface area contributed by atoms with Gasteiger partial charge < -0.3 is 10.2 Å². The fraction of sp³-hybridized carbons (Fsp3) is 0.435. The van der Waals surface area contributed by atoms with Crippen LogP contribution in [0.2, 0.25) is 0 Å². The Balaban J connectivity index is 1.43. The average molecular weight is 364 g/mol. The first-order chi connectivity index (χ1) is 13.2. The molecule has 4 rings (SSSR count). The van der Waals surface area contributed by atoms with Crippen molar-refractivity contribution in [2.75, 3.05) is 39.3 Å². The molecule has 2 heterocycles. The normalized spacial score (nSPS) is 20.8. The molecule has 4 heteroatoms. The second-order valence-electron chi connectivity index (χ2n) is 7.79. The lowest BCUT2D eigenvalue weighted by molar-refractivity contribution is 0.0583. The molecule has 1 amide bonds. The van der Waals surface area contributed by atoms with Crippen LogP contribution in [0.1, 0.15) is 33.5 Å². The maximum atomic E-state index is 13.2. The summed E-state index contributed by atoms with van der Waals surface area (Å²) in [6, 6.07) is 17.3. The molecule has 2 aliphatic rings. The molecule has 142 valence electrons. The molecule has 0 bridgehead atoms. The second kappa shape index (κ2) is 8.24. The highest BCUT2D eigenvalue weighted by Gasteiger charge is 2.28. The number of piperazine rings is 1. The molecule has 0 spiro atoms. The number of nitrogens with one attached hydrogen (secondary N) is 1. The van der Waals surface area contributed by atoms with Gasteiger partial charge in [0.25, 0.3) is 5.91 Å². The molecule has 0 saturated carbocycles. The van der Waals surface area contributed by atoms with Gasteiger partial charge >= 0.3 is 0 Å². The third-order valence-corrected chi connectivity index (χ3v) is 5.92. The van der Waals surface area contributed by atoms with Crippen molar-refractivity contribution in [2.24, 2.45) is 0 Å². The molecule has 4 nitrogen and oxygen atoms in total. The summed E-state index contributed by atoms with van der Waals surface area (Å²) >= 11 is 0. The fourth-order valence-corrected chi connectivity index (χ4v) is 4.22. The van der Waals surface area contributed by atoms with E-state index in [0.29, 0.717) is 6.04 Å². The van der Waals surface area contributed by atoms with E-state index in [4.69, 9.17) is 0 Å². The predicted octanol–water partition coefficient (Wildman–Crippen LogP) is 2.71. The Labute approximate surface area is 162 Å². The molecule has 0 aliphatic carbocycles. The van der Waals surface area contributed by atoms with Crippen molar-refractivity contribution >= 4 is 5.91 Å². The molecule has 2 aromatic carbocycles. The van der Waals surface area contributed by atoms with Crippen LogP contribution in [0.25, 0.3) is 0 Å². The summed E-state index contributed by atoms with van der Waals surface area (Å²) in [5, 5.41) is 3.44. The molecule has 2 aromatic rings. The van der Waals surface area contributed by atoms with Crippen molar-refractivity contribution in [2.45, 2.75) is 25.8 Å². The summed E-state index contributed by atoms with van der Waals surface area (Å²) < 4.78 is 0. The lowest BCUT2D eigenvalue weighted by Gasteiger charge is -2.38. The highest BCUT2D eigenvalue weighted by Crippen LogP contribution is 2.19.